The number of benzene rings is 2. The molecule has 0 spiro atoms. The first-order chi connectivity index (χ1) is 10.7. The van der Waals surface area contributed by atoms with Gasteiger partial charge in [0.05, 0.1) is 5.92 Å². The number of carbonyl (C=O) groups is 2. The molecule has 0 bridgehead atoms. The van der Waals surface area contributed by atoms with Crippen LogP contribution < -0.4 is 0 Å². The minimum atomic E-state index is -0.544. The summed E-state index contributed by atoms with van der Waals surface area (Å²) in [5, 5.41) is -0.517. The molecule has 0 aliphatic carbocycles. The zero-order chi connectivity index (χ0) is 15.5. The van der Waals surface area contributed by atoms with Gasteiger partial charge in [0.15, 0.2) is 0 Å². The quantitative estimate of drug-likeness (QED) is 0.636. The molecule has 0 radical (unpaired) electrons. The SMILES string of the molecule is O=C(Cl)CC1C(=O)OC(c2ccccc2)[C@@H]1c1ccccc1. The molecule has 1 aliphatic rings. The lowest BCUT2D eigenvalue weighted by Crippen LogP contribution is -2.17. The Kier molecular flexibility index (Phi) is 4.25. The molecule has 0 amide bonds. The van der Waals surface area contributed by atoms with Crippen LogP contribution in [0.4, 0.5) is 0 Å². The van der Waals surface area contributed by atoms with Gasteiger partial charge >= 0.3 is 5.97 Å². The van der Waals surface area contributed by atoms with Crippen molar-refractivity contribution in [3.63, 3.8) is 0 Å². The van der Waals surface area contributed by atoms with Crippen LogP contribution in [0.1, 0.15) is 29.6 Å². The van der Waals surface area contributed by atoms with Crippen molar-refractivity contribution in [2.24, 2.45) is 5.92 Å². The number of cyclic esters (lactones) is 1. The number of hydrogen-bond acceptors (Lipinski definition) is 3. The summed E-state index contributed by atoms with van der Waals surface area (Å²) in [7, 11) is 0. The standard InChI is InChI=1S/C18H15ClO3/c19-15(20)11-14-16(12-7-3-1-4-8-12)17(22-18(14)21)13-9-5-2-6-10-13/h1-10,14,16-17H,11H2/t14?,16-,17?/m1/s1. The monoisotopic (exact) mass is 314 g/mol. The van der Waals surface area contributed by atoms with Gasteiger partial charge in [-0.1, -0.05) is 60.7 Å². The average molecular weight is 315 g/mol. The third kappa shape index (κ3) is 2.90. The van der Waals surface area contributed by atoms with E-state index in [4.69, 9.17) is 16.3 Å². The fourth-order valence-corrected chi connectivity index (χ4v) is 3.19. The van der Waals surface area contributed by atoms with E-state index in [9.17, 15) is 9.59 Å². The first kappa shape index (κ1) is 14.8. The number of halogens is 1. The molecule has 0 aromatic heterocycles. The van der Waals surface area contributed by atoms with E-state index < -0.39 is 17.3 Å². The van der Waals surface area contributed by atoms with Crippen LogP contribution in [0, 0.1) is 5.92 Å². The Balaban J connectivity index is 2.02. The van der Waals surface area contributed by atoms with Crippen molar-refractivity contribution < 1.29 is 14.3 Å². The van der Waals surface area contributed by atoms with E-state index in [1.54, 1.807) is 0 Å². The van der Waals surface area contributed by atoms with Crippen LogP contribution >= 0.6 is 11.6 Å². The third-order valence-electron chi connectivity index (χ3n) is 4.00. The fourth-order valence-electron chi connectivity index (χ4n) is 3.03. The van der Waals surface area contributed by atoms with Gasteiger partial charge in [0.1, 0.15) is 6.10 Å². The highest BCUT2D eigenvalue weighted by Gasteiger charge is 2.46. The van der Waals surface area contributed by atoms with Gasteiger partial charge in [-0.05, 0) is 22.7 Å². The van der Waals surface area contributed by atoms with Gasteiger partial charge in [-0.3, -0.25) is 9.59 Å². The molecular formula is C18H15ClO3. The van der Waals surface area contributed by atoms with Crippen molar-refractivity contribution >= 4 is 22.8 Å². The van der Waals surface area contributed by atoms with Crippen LogP contribution in [0.15, 0.2) is 60.7 Å². The summed E-state index contributed by atoms with van der Waals surface area (Å²) < 4.78 is 5.58. The molecule has 0 N–H and O–H groups in total. The summed E-state index contributed by atoms with van der Waals surface area (Å²) in [6.07, 6.45) is -0.402. The van der Waals surface area contributed by atoms with Crippen molar-refractivity contribution in [2.75, 3.05) is 0 Å². The van der Waals surface area contributed by atoms with Crippen LogP contribution in [0.3, 0.4) is 0 Å². The highest BCUT2D eigenvalue weighted by atomic mass is 35.5. The molecule has 1 fully saturated rings. The normalized spacial score (nSPS) is 24.0. The summed E-state index contributed by atoms with van der Waals surface area (Å²) in [4.78, 5) is 23.6. The second-order valence-corrected chi connectivity index (χ2v) is 5.79. The Morgan fingerprint density at radius 3 is 2.05 bits per heavy atom. The summed E-state index contributed by atoms with van der Waals surface area (Å²) in [5.74, 6) is -1.12. The molecule has 2 aromatic carbocycles. The summed E-state index contributed by atoms with van der Waals surface area (Å²) >= 11 is 5.52. The molecule has 2 aromatic rings. The Bertz CT molecular complexity index is 669. The largest absolute Gasteiger partial charge is 0.457 e. The van der Waals surface area contributed by atoms with Crippen LogP contribution in [0.2, 0.25) is 0 Å². The lowest BCUT2D eigenvalue weighted by Gasteiger charge is -2.21. The zero-order valence-corrected chi connectivity index (χ0v) is 12.6. The average Bonchev–Trinajstić information content (AvgIpc) is 2.85. The van der Waals surface area contributed by atoms with Gasteiger partial charge in [-0.25, -0.2) is 0 Å². The van der Waals surface area contributed by atoms with E-state index in [2.05, 4.69) is 0 Å². The van der Waals surface area contributed by atoms with Gasteiger partial charge in [0.2, 0.25) is 5.24 Å². The Hall–Kier alpha value is -2.13. The van der Waals surface area contributed by atoms with Gasteiger partial charge in [-0.15, -0.1) is 0 Å². The van der Waals surface area contributed by atoms with Crippen molar-refractivity contribution in [3.8, 4) is 0 Å². The molecule has 0 saturated carbocycles. The van der Waals surface area contributed by atoms with Gasteiger partial charge < -0.3 is 4.74 Å². The highest BCUT2D eigenvalue weighted by Crippen LogP contribution is 2.47. The second-order valence-electron chi connectivity index (χ2n) is 5.37. The predicted molar refractivity (Wildman–Crippen MR) is 83.4 cm³/mol. The fraction of sp³-hybridized carbons (Fsp3) is 0.222. The molecule has 22 heavy (non-hydrogen) atoms. The highest BCUT2D eigenvalue weighted by molar-refractivity contribution is 6.63. The van der Waals surface area contributed by atoms with Crippen molar-refractivity contribution in [3.05, 3.63) is 71.8 Å². The maximum absolute atomic E-state index is 12.2. The lowest BCUT2D eigenvalue weighted by atomic mass is 9.80. The maximum atomic E-state index is 12.2. The molecule has 2 unspecified atom stereocenters. The number of carbonyl (C=O) groups excluding carboxylic acids is 2. The van der Waals surface area contributed by atoms with Gasteiger partial charge in [-0.2, -0.15) is 0 Å². The summed E-state index contributed by atoms with van der Waals surface area (Å²) in [5.41, 5.74) is 1.90. The second kappa shape index (κ2) is 6.32. The third-order valence-corrected chi connectivity index (χ3v) is 4.15. The maximum Gasteiger partial charge on any atom is 0.310 e. The van der Waals surface area contributed by atoms with Crippen molar-refractivity contribution in [1.82, 2.24) is 0 Å². The van der Waals surface area contributed by atoms with Gasteiger partial charge in [0.25, 0.3) is 0 Å². The van der Waals surface area contributed by atoms with Crippen LogP contribution in [0.25, 0.3) is 0 Å². The number of rotatable bonds is 4. The predicted octanol–water partition coefficient (Wildman–Crippen LogP) is 3.84. The molecule has 112 valence electrons. The number of ether oxygens (including phenoxy) is 1. The summed E-state index contributed by atoms with van der Waals surface area (Å²) in [6.45, 7) is 0. The lowest BCUT2D eigenvalue weighted by molar-refractivity contribution is -0.145. The van der Waals surface area contributed by atoms with Crippen LogP contribution in [-0.2, 0) is 14.3 Å². The Labute approximate surface area is 133 Å². The molecule has 1 heterocycles. The molecular weight excluding hydrogens is 300 g/mol. The van der Waals surface area contributed by atoms with Crippen molar-refractivity contribution in [1.29, 1.82) is 0 Å². The minimum absolute atomic E-state index is 0.0106. The smallest absolute Gasteiger partial charge is 0.310 e. The molecule has 3 rings (SSSR count). The van der Waals surface area contributed by atoms with Crippen molar-refractivity contribution in [2.45, 2.75) is 18.4 Å². The van der Waals surface area contributed by atoms with Crippen LogP contribution in [0.5, 0.6) is 0 Å². The molecule has 1 saturated heterocycles. The topological polar surface area (TPSA) is 43.4 Å². The van der Waals surface area contributed by atoms with E-state index in [1.165, 1.54) is 0 Å². The molecule has 1 aliphatic heterocycles. The van der Waals surface area contributed by atoms with Gasteiger partial charge in [0, 0.05) is 12.3 Å². The van der Waals surface area contributed by atoms with E-state index in [1.807, 2.05) is 60.7 Å². The van der Waals surface area contributed by atoms with E-state index >= 15 is 0 Å². The number of hydrogen-bond donors (Lipinski definition) is 0. The first-order valence-electron chi connectivity index (χ1n) is 7.15. The van der Waals surface area contributed by atoms with E-state index in [0.29, 0.717) is 0 Å². The van der Waals surface area contributed by atoms with Crippen LogP contribution in [-0.4, -0.2) is 11.2 Å². The molecule has 3 nitrogen and oxygen atoms in total. The Morgan fingerprint density at radius 1 is 0.955 bits per heavy atom. The Morgan fingerprint density at radius 2 is 1.50 bits per heavy atom. The number of esters is 1. The molecule has 3 atom stereocenters. The molecule has 4 heteroatoms. The van der Waals surface area contributed by atoms with E-state index in [-0.39, 0.29) is 18.3 Å². The zero-order valence-electron chi connectivity index (χ0n) is 11.8. The van der Waals surface area contributed by atoms with E-state index in [0.717, 1.165) is 11.1 Å². The summed E-state index contributed by atoms with van der Waals surface area (Å²) in [6, 6.07) is 19.2. The minimum Gasteiger partial charge on any atom is -0.457 e. The first-order valence-corrected chi connectivity index (χ1v) is 7.53.